The highest BCUT2D eigenvalue weighted by molar-refractivity contribution is 6.05. The lowest BCUT2D eigenvalue weighted by Gasteiger charge is -2.40. The fraction of sp³-hybridized carbons (Fsp3) is 0.500. The third-order valence-corrected chi connectivity index (χ3v) is 2.97. The number of rotatable bonds is 2. The van der Waals surface area contributed by atoms with E-state index in [4.69, 9.17) is 10.5 Å². The first kappa shape index (κ1) is 12.7. The normalized spacial score (nSPS) is 17.6. The topological polar surface area (TPSA) is 55.6 Å². The van der Waals surface area contributed by atoms with Gasteiger partial charge in [-0.3, -0.25) is 4.79 Å². The van der Waals surface area contributed by atoms with E-state index in [1.807, 2.05) is 12.1 Å². The number of nitrogen functional groups attached to an aromatic ring is 1. The summed E-state index contributed by atoms with van der Waals surface area (Å²) < 4.78 is 5.75. The van der Waals surface area contributed by atoms with Crippen molar-refractivity contribution >= 4 is 17.3 Å². The fourth-order valence-corrected chi connectivity index (χ4v) is 2.19. The molecule has 2 N–H and O–H groups in total. The van der Waals surface area contributed by atoms with Gasteiger partial charge in [0.15, 0.2) is 5.60 Å². The van der Waals surface area contributed by atoms with Gasteiger partial charge in [-0.2, -0.15) is 0 Å². The van der Waals surface area contributed by atoms with Gasteiger partial charge in [0.1, 0.15) is 11.4 Å². The minimum atomic E-state index is -0.838. The van der Waals surface area contributed by atoms with Crippen molar-refractivity contribution in [3.05, 3.63) is 18.2 Å². The Morgan fingerprint density at radius 2 is 2.06 bits per heavy atom. The monoisotopic (exact) mass is 248 g/mol. The van der Waals surface area contributed by atoms with Gasteiger partial charge in [0, 0.05) is 6.54 Å². The summed E-state index contributed by atoms with van der Waals surface area (Å²) in [6.45, 7) is 8.37. The van der Waals surface area contributed by atoms with E-state index in [9.17, 15) is 4.79 Å². The molecule has 1 heterocycles. The van der Waals surface area contributed by atoms with Crippen LogP contribution in [0.5, 0.6) is 5.75 Å². The molecule has 0 unspecified atom stereocenters. The van der Waals surface area contributed by atoms with Crippen LogP contribution < -0.4 is 15.4 Å². The molecule has 0 radical (unpaired) electrons. The average Bonchev–Trinajstić information content (AvgIpc) is 2.23. The summed E-state index contributed by atoms with van der Waals surface area (Å²) in [7, 11) is 0. The Hall–Kier alpha value is -1.71. The predicted octanol–water partition coefficient (Wildman–Crippen LogP) is 2.43. The van der Waals surface area contributed by atoms with Crippen LogP contribution in [0.15, 0.2) is 18.2 Å². The number of para-hydroxylation sites is 1. The molecule has 0 aromatic heterocycles. The lowest BCUT2D eigenvalue weighted by molar-refractivity contribution is -0.132. The number of nitrogens with zero attached hydrogens (tertiary/aromatic N) is 1. The molecular weight excluding hydrogens is 228 g/mol. The van der Waals surface area contributed by atoms with Crippen LogP contribution in [0.3, 0.4) is 0 Å². The van der Waals surface area contributed by atoms with Crippen LogP contribution in [0, 0.1) is 5.92 Å². The number of fused-ring (bicyclic) bond motifs is 1. The van der Waals surface area contributed by atoms with Crippen LogP contribution in [0.1, 0.15) is 27.7 Å². The Kier molecular flexibility index (Phi) is 2.97. The molecule has 2 rings (SSSR count). The van der Waals surface area contributed by atoms with Crippen LogP contribution in [0.25, 0.3) is 0 Å². The van der Waals surface area contributed by atoms with Crippen molar-refractivity contribution in [1.82, 2.24) is 0 Å². The zero-order valence-corrected chi connectivity index (χ0v) is 11.4. The van der Waals surface area contributed by atoms with E-state index < -0.39 is 5.60 Å². The first-order valence-corrected chi connectivity index (χ1v) is 6.22. The molecule has 4 nitrogen and oxygen atoms in total. The molecule has 0 spiro atoms. The van der Waals surface area contributed by atoms with Gasteiger partial charge in [-0.1, -0.05) is 19.9 Å². The Labute approximate surface area is 108 Å². The second-order valence-electron chi connectivity index (χ2n) is 5.62. The molecule has 4 heteroatoms. The highest BCUT2D eigenvalue weighted by Crippen LogP contribution is 2.41. The van der Waals surface area contributed by atoms with E-state index in [0.29, 0.717) is 29.6 Å². The van der Waals surface area contributed by atoms with E-state index in [1.165, 1.54) is 0 Å². The molecule has 1 aromatic rings. The number of amides is 1. The lowest BCUT2D eigenvalue weighted by atomic mass is 10.0. The zero-order valence-electron chi connectivity index (χ0n) is 11.4. The first-order valence-electron chi connectivity index (χ1n) is 6.22. The van der Waals surface area contributed by atoms with Crippen molar-refractivity contribution in [3.8, 4) is 5.75 Å². The molecule has 1 aromatic carbocycles. The van der Waals surface area contributed by atoms with Crippen molar-refractivity contribution in [2.45, 2.75) is 33.3 Å². The SMILES string of the molecule is CC(C)CN1C(=O)C(C)(C)Oc2cccc(N)c21. The maximum absolute atomic E-state index is 12.4. The van der Waals surface area contributed by atoms with Crippen LogP contribution in [-0.2, 0) is 4.79 Å². The molecule has 0 aliphatic carbocycles. The molecule has 0 fully saturated rings. The van der Waals surface area contributed by atoms with Gasteiger partial charge in [0.2, 0.25) is 0 Å². The average molecular weight is 248 g/mol. The van der Waals surface area contributed by atoms with Gasteiger partial charge in [-0.25, -0.2) is 0 Å². The van der Waals surface area contributed by atoms with Gasteiger partial charge in [0.25, 0.3) is 5.91 Å². The summed E-state index contributed by atoms with van der Waals surface area (Å²) in [4.78, 5) is 14.2. The predicted molar refractivity (Wildman–Crippen MR) is 72.8 cm³/mol. The van der Waals surface area contributed by atoms with Crippen LogP contribution >= 0.6 is 0 Å². The molecule has 1 amide bonds. The van der Waals surface area contributed by atoms with Crippen molar-refractivity contribution in [2.24, 2.45) is 5.92 Å². The molecule has 18 heavy (non-hydrogen) atoms. The molecule has 1 aliphatic rings. The van der Waals surface area contributed by atoms with Gasteiger partial charge < -0.3 is 15.4 Å². The second kappa shape index (κ2) is 4.19. The first-order chi connectivity index (χ1) is 8.33. The standard InChI is InChI=1S/C14H20N2O2/c1-9(2)8-16-12-10(15)6-5-7-11(12)18-14(3,4)13(16)17/h5-7,9H,8,15H2,1-4H3. The van der Waals surface area contributed by atoms with Crippen LogP contribution in [0.2, 0.25) is 0 Å². The Morgan fingerprint density at radius 1 is 1.39 bits per heavy atom. The summed E-state index contributed by atoms with van der Waals surface area (Å²) in [5.74, 6) is 1.01. The summed E-state index contributed by atoms with van der Waals surface area (Å²) in [5.41, 5.74) is 6.43. The summed E-state index contributed by atoms with van der Waals surface area (Å²) in [6, 6.07) is 5.49. The number of ether oxygens (including phenoxy) is 1. The third-order valence-electron chi connectivity index (χ3n) is 2.97. The van der Waals surface area contributed by atoms with E-state index in [-0.39, 0.29) is 5.91 Å². The van der Waals surface area contributed by atoms with Gasteiger partial charge >= 0.3 is 0 Å². The van der Waals surface area contributed by atoms with Crippen molar-refractivity contribution in [2.75, 3.05) is 17.2 Å². The van der Waals surface area contributed by atoms with E-state index in [2.05, 4.69) is 13.8 Å². The highest BCUT2D eigenvalue weighted by atomic mass is 16.5. The number of carbonyl (C=O) groups excluding carboxylic acids is 1. The fourth-order valence-electron chi connectivity index (χ4n) is 2.19. The molecule has 1 aliphatic heterocycles. The van der Waals surface area contributed by atoms with Gasteiger partial charge in [-0.05, 0) is 31.9 Å². The number of nitrogens with two attached hydrogens (primary N) is 1. The molecular formula is C14H20N2O2. The van der Waals surface area contributed by atoms with Crippen LogP contribution in [-0.4, -0.2) is 18.1 Å². The van der Waals surface area contributed by atoms with E-state index in [1.54, 1.807) is 24.8 Å². The molecule has 0 atom stereocenters. The van der Waals surface area contributed by atoms with Crippen LogP contribution in [0.4, 0.5) is 11.4 Å². The molecule has 98 valence electrons. The van der Waals surface area contributed by atoms with Crippen molar-refractivity contribution < 1.29 is 9.53 Å². The van der Waals surface area contributed by atoms with Gasteiger partial charge in [-0.15, -0.1) is 0 Å². The highest BCUT2D eigenvalue weighted by Gasteiger charge is 2.41. The van der Waals surface area contributed by atoms with Gasteiger partial charge in [0.05, 0.1) is 5.69 Å². The van der Waals surface area contributed by atoms with E-state index >= 15 is 0 Å². The Morgan fingerprint density at radius 3 is 2.67 bits per heavy atom. The van der Waals surface area contributed by atoms with Crippen molar-refractivity contribution in [3.63, 3.8) is 0 Å². The second-order valence-corrected chi connectivity index (χ2v) is 5.62. The minimum Gasteiger partial charge on any atom is -0.476 e. The summed E-state index contributed by atoms with van der Waals surface area (Å²) >= 11 is 0. The maximum Gasteiger partial charge on any atom is 0.270 e. The quantitative estimate of drug-likeness (QED) is 0.818. The zero-order chi connectivity index (χ0) is 13.5. The number of hydrogen-bond donors (Lipinski definition) is 1. The third kappa shape index (κ3) is 2.03. The number of carbonyl (C=O) groups is 1. The Balaban J connectivity index is 2.53. The smallest absolute Gasteiger partial charge is 0.270 e. The number of hydrogen-bond acceptors (Lipinski definition) is 3. The lowest BCUT2D eigenvalue weighted by Crippen LogP contribution is -2.53. The minimum absolute atomic E-state index is 0.0402. The molecule has 0 bridgehead atoms. The summed E-state index contributed by atoms with van der Waals surface area (Å²) in [5, 5.41) is 0. The molecule has 0 saturated carbocycles. The number of benzene rings is 1. The largest absolute Gasteiger partial charge is 0.476 e. The number of anilines is 2. The van der Waals surface area contributed by atoms with Crippen molar-refractivity contribution in [1.29, 1.82) is 0 Å². The summed E-state index contributed by atoms with van der Waals surface area (Å²) in [6.07, 6.45) is 0. The maximum atomic E-state index is 12.4. The van der Waals surface area contributed by atoms with E-state index in [0.717, 1.165) is 0 Å². The Bertz CT molecular complexity index is 481. The molecule has 0 saturated heterocycles.